The second-order valence-electron chi connectivity index (χ2n) is 4.34. The Kier molecular flexibility index (Phi) is 4.45. The van der Waals surface area contributed by atoms with Crippen molar-refractivity contribution in [3.63, 3.8) is 0 Å². The third-order valence-electron chi connectivity index (χ3n) is 2.96. The highest BCUT2D eigenvalue weighted by Gasteiger charge is 2.20. The van der Waals surface area contributed by atoms with E-state index in [-0.39, 0.29) is 6.04 Å². The van der Waals surface area contributed by atoms with Crippen LogP contribution in [0.1, 0.15) is 16.7 Å². The van der Waals surface area contributed by atoms with Gasteiger partial charge < -0.3 is 9.73 Å². The first-order valence-corrected chi connectivity index (χ1v) is 8.09. The van der Waals surface area contributed by atoms with Crippen LogP contribution in [0.2, 0.25) is 14.4 Å². The fraction of sp³-hybridized carbons (Fsp3) is 0.0667. The number of nitrogens with one attached hydrogen (secondary N) is 1. The van der Waals surface area contributed by atoms with E-state index in [4.69, 9.17) is 39.2 Å². The topological polar surface area (TPSA) is 25.2 Å². The summed E-state index contributed by atoms with van der Waals surface area (Å²) in [6, 6.07) is 12.9. The van der Waals surface area contributed by atoms with E-state index in [0.717, 1.165) is 20.7 Å². The third kappa shape index (κ3) is 3.22. The third-order valence-corrected chi connectivity index (χ3v) is 5.07. The molecule has 1 unspecified atom stereocenters. The monoisotopic (exact) mass is 357 g/mol. The lowest BCUT2D eigenvalue weighted by atomic mass is 10.1. The molecular weight excluding hydrogens is 349 g/mol. The van der Waals surface area contributed by atoms with Crippen molar-refractivity contribution in [1.29, 1.82) is 0 Å². The number of hydrogen-bond acceptors (Lipinski definition) is 3. The molecule has 0 aliphatic rings. The van der Waals surface area contributed by atoms with Crippen molar-refractivity contribution >= 4 is 51.8 Å². The predicted molar refractivity (Wildman–Crippen MR) is 90.0 cm³/mol. The second kappa shape index (κ2) is 6.32. The van der Waals surface area contributed by atoms with Crippen molar-refractivity contribution in [2.75, 3.05) is 5.32 Å². The summed E-state index contributed by atoms with van der Waals surface area (Å²) in [6.45, 7) is 0. The molecular formula is C15H10Cl3NOS. The molecule has 0 spiro atoms. The minimum absolute atomic E-state index is 0.173. The van der Waals surface area contributed by atoms with Gasteiger partial charge in [0.25, 0.3) is 0 Å². The number of benzene rings is 1. The summed E-state index contributed by atoms with van der Waals surface area (Å²) in [7, 11) is 0. The molecule has 0 bridgehead atoms. The molecule has 1 N–H and O–H groups in total. The minimum atomic E-state index is -0.173. The minimum Gasteiger partial charge on any atom is -0.467 e. The van der Waals surface area contributed by atoms with Gasteiger partial charge in [-0.15, -0.1) is 11.3 Å². The first kappa shape index (κ1) is 14.8. The van der Waals surface area contributed by atoms with Gasteiger partial charge in [-0.05, 0) is 36.4 Å². The fourth-order valence-electron chi connectivity index (χ4n) is 1.99. The van der Waals surface area contributed by atoms with Crippen LogP contribution in [-0.2, 0) is 0 Å². The van der Waals surface area contributed by atoms with E-state index in [9.17, 15) is 0 Å². The van der Waals surface area contributed by atoms with E-state index < -0.39 is 0 Å². The SMILES string of the molecule is Clc1ccc(C(Nc2cccc(Cl)c2Cl)c2ccco2)s1. The van der Waals surface area contributed by atoms with Crippen LogP contribution >= 0.6 is 46.1 Å². The molecule has 0 aliphatic carbocycles. The molecule has 0 radical (unpaired) electrons. The van der Waals surface area contributed by atoms with Crippen LogP contribution in [0.4, 0.5) is 5.69 Å². The van der Waals surface area contributed by atoms with Gasteiger partial charge in [0.1, 0.15) is 11.8 Å². The molecule has 108 valence electrons. The zero-order chi connectivity index (χ0) is 14.8. The summed E-state index contributed by atoms with van der Waals surface area (Å²) in [5, 5.41) is 4.35. The smallest absolute Gasteiger partial charge is 0.131 e. The predicted octanol–water partition coefficient (Wildman–Crippen LogP) is 6.50. The summed E-state index contributed by atoms with van der Waals surface area (Å²) in [5.74, 6) is 0.782. The van der Waals surface area contributed by atoms with Crippen LogP contribution in [0.5, 0.6) is 0 Å². The van der Waals surface area contributed by atoms with Crippen LogP contribution in [0.25, 0.3) is 0 Å². The van der Waals surface area contributed by atoms with Crippen molar-refractivity contribution < 1.29 is 4.42 Å². The lowest BCUT2D eigenvalue weighted by molar-refractivity contribution is 0.501. The highest BCUT2D eigenvalue weighted by atomic mass is 35.5. The van der Waals surface area contributed by atoms with Gasteiger partial charge in [-0.2, -0.15) is 0 Å². The lowest BCUT2D eigenvalue weighted by Crippen LogP contribution is -2.10. The molecule has 0 fully saturated rings. The molecule has 1 atom stereocenters. The Labute approximate surface area is 141 Å². The zero-order valence-electron chi connectivity index (χ0n) is 10.6. The Bertz CT molecular complexity index is 739. The highest BCUT2D eigenvalue weighted by molar-refractivity contribution is 7.16. The van der Waals surface area contributed by atoms with Gasteiger partial charge in [-0.25, -0.2) is 0 Å². The number of anilines is 1. The van der Waals surface area contributed by atoms with Gasteiger partial charge in [-0.3, -0.25) is 0 Å². The van der Waals surface area contributed by atoms with Crippen molar-refractivity contribution in [3.8, 4) is 0 Å². The molecule has 2 aromatic heterocycles. The standard InChI is InChI=1S/C15H10Cl3NOS/c16-9-3-1-4-10(14(9)18)19-15(11-5-2-8-20-11)12-6-7-13(17)21-12/h1-8,15,19H. The average Bonchev–Trinajstić information content (AvgIpc) is 3.12. The number of halogens is 3. The van der Waals surface area contributed by atoms with Crippen LogP contribution in [0.3, 0.4) is 0 Å². The maximum atomic E-state index is 6.24. The van der Waals surface area contributed by atoms with Crippen molar-refractivity contribution in [2.24, 2.45) is 0 Å². The maximum absolute atomic E-state index is 6.24. The van der Waals surface area contributed by atoms with Gasteiger partial charge in [0, 0.05) is 4.88 Å². The summed E-state index contributed by atoms with van der Waals surface area (Å²) in [5.41, 5.74) is 0.745. The Hall–Kier alpha value is -1.13. The van der Waals surface area contributed by atoms with Crippen molar-refractivity contribution in [2.45, 2.75) is 6.04 Å². The molecule has 0 saturated heterocycles. The molecule has 3 rings (SSSR count). The largest absolute Gasteiger partial charge is 0.467 e. The number of rotatable bonds is 4. The molecule has 1 aromatic carbocycles. The maximum Gasteiger partial charge on any atom is 0.131 e. The molecule has 0 amide bonds. The van der Waals surface area contributed by atoms with E-state index in [2.05, 4.69) is 5.32 Å². The van der Waals surface area contributed by atoms with E-state index in [1.165, 1.54) is 11.3 Å². The van der Waals surface area contributed by atoms with Gasteiger partial charge in [0.15, 0.2) is 0 Å². The van der Waals surface area contributed by atoms with Crippen LogP contribution in [-0.4, -0.2) is 0 Å². The Balaban J connectivity index is 1.99. The molecule has 0 saturated carbocycles. The molecule has 2 nitrogen and oxygen atoms in total. The summed E-state index contributed by atoms with van der Waals surface area (Å²) >= 11 is 19.8. The Morgan fingerprint density at radius 3 is 2.52 bits per heavy atom. The van der Waals surface area contributed by atoms with Crippen LogP contribution in [0, 0.1) is 0 Å². The van der Waals surface area contributed by atoms with Gasteiger partial charge in [-0.1, -0.05) is 40.9 Å². The van der Waals surface area contributed by atoms with Gasteiger partial charge in [0.05, 0.1) is 26.3 Å². The summed E-state index contributed by atoms with van der Waals surface area (Å²) in [6.07, 6.45) is 1.64. The first-order chi connectivity index (χ1) is 10.1. The number of thiophene rings is 1. The fourth-order valence-corrected chi connectivity index (χ4v) is 3.47. The van der Waals surface area contributed by atoms with Gasteiger partial charge >= 0.3 is 0 Å². The van der Waals surface area contributed by atoms with Crippen LogP contribution < -0.4 is 5.32 Å². The lowest BCUT2D eigenvalue weighted by Gasteiger charge is -2.18. The van der Waals surface area contributed by atoms with Crippen LogP contribution in [0.15, 0.2) is 53.1 Å². The Morgan fingerprint density at radius 2 is 1.86 bits per heavy atom. The molecule has 0 aliphatic heterocycles. The second-order valence-corrected chi connectivity index (χ2v) is 6.87. The highest BCUT2D eigenvalue weighted by Crippen LogP contribution is 2.37. The quantitative estimate of drug-likeness (QED) is 0.575. The zero-order valence-corrected chi connectivity index (χ0v) is 13.7. The molecule has 3 aromatic rings. The van der Waals surface area contributed by atoms with E-state index in [1.807, 2.05) is 36.4 Å². The number of furan rings is 1. The number of hydrogen-bond donors (Lipinski definition) is 1. The van der Waals surface area contributed by atoms with Crippen molar-refractivity contribution in [1.82, 2.24) is 0 Å². The van der Waals surface area contributed by atoms with Gasteiger partial charge in [0.2, 0.25) is 0 Å². The summed E-state index contributed by atoms with van der Waals surface area (Å²) < 4.78 is 6.25. The first-order valence-electron chi connectivity index (χ1n) is 6.14. The van der Waals surface area contributed by atoms with E-state index in [0.29, 0.717) is 10.0 Å². The summed E-state index contributed by atoms with van der Waals surface area (Å²) in [4.78, 5) is 1.03. The molecule has 21 heavy (non-hydrogen) atoms. The van der Waals surface area contributed by atoms with E-state index >= 15 is 0 Å². The van der Waals surface area contributed by atoms with Crippen molar-refractivity contribution in [3.05, 3.63) is 73.7 Å². The average molecular weight is 359 g/mol. The molecule has 2 heterocycles. The molecule has 6 heteroatoms. The Morgan fingerprint density at radius 1 is 1.00 bits per heavy atom. The normalized spacial score (nSPS) is 12.3. The van der Waals surface area contributed by atoms with E-state index in [1.54, 1.807) is 12.3 Å².